The number of nitrogens with zero attached hydrogens (tertiary/aromatic N) is 1. The van der Waals surface area contributed by atoms with Crippen molar-refractivity contribution >= 4 is 17.5 Å². The normalized spacial score (nSPS) is 18.7. The van der Waals surface area contributed by atoms with Crippen molar-refractivity contribution in [2.75, 3.05) is 11.9 Å². The Morgan fingerprint density at radius 1 is 0.933 bits per heavy atom. The average molecular weight is 399 g/mol. The molecule has 0 aromatic heterocycles. The van der Waals surface area contributed by atoms with Gasteiger partial charge in [-0.25, -0.2) is 0 Å². The highest BCUT2D eigenvalue weighted by atomic mass is 16.2. The van der Waals surface area contributed by atoms with Crippen molar-refractivity contribution in [2.45, 2.75) is 31.2 Å². The summed E-state index contributed by atoms with van der Waals surface area (Å²) in [4.78, 5) is 28.4. The minimum atomic E-state index is -0.910. The SMILES string of the molecule is C[C@@H](NC(=O)C[C@]1(Cc2ccccc2)C(=O)N(C)c2ccccc21)c1ccccc1. The first-order chi connectivity index (χ1) is 14.5. The lowest BCUT2D eigenvalue weighted by Gasteiger charge is -2.29. The van der Waals surface area contributed by atoms with Crippen LogP contribution in [0.25, 0.3) is 0 Å². The molecule has 0 aliphatic carbocycles. The number of amides is 2. The number of carbonyl (C=O) groups is 2. The number of hydrogen-bond donors (Lipinski definition) is 1. The molecule has 0 fully saturated rings. The average Bonchev–Trinajstić information content (AvgIpc) is 2.97. The highest BCUT2D eigenvalue weighted by molar-refractivity contribution is 6.10. The maximum Gasteiger partial charge on any atom is 0.238 e. The molecule has 4 rings (SSSR count). The van der Waals surface area contributed by atoms with Gasteiger partial charge >= 0.3 is 0 Å². The van der Waals surface area contributed by atoms with Gasteiger partial charge < -0.3 is 10.2 Å². The van der Waals surface area contributed by atoms with E-state index in [0.717, 1.165) is 22.4 Å². The summed E-state index contributed by atoms with van der Waals surface area (Å²) >= 11 is 0. The molecule has 3 aromatic rings. The van der Waals surface area contributed by atoms with Gasteiger partial charge in [0.25, 0.3) is 0 Å². The van der Waals surface area contributed by atoms with Crippen LogP contribution < -0.4 is 10.2 Å². The van der Waals surface area contributed by atoms with Gasteiger partial charge in [-0.1, -0.05) is 78.9 Å². The number of carbonyl (C=O) groups excluding carboxylic acids is 2. The molecular formula is C26H26N2O2. The quantitative estimate of drug-likeness (QED) is 0.669. The Bertz CT molecular complexity index is 1050. The lowest BCUT2D eigenvalue weighted by atomic mass is 9.73. The first-order valence-electron chi connectivity index (χ1n) is 10.3. The molecule has 0 saturated carbocycles. The van der Waals surface area contributed by atoms with Crippen LogP contribution in [0.5, 0.6) is 0 Å². The maximum absolute atomic E-state index is 13.5. The Labute approximate surface area is 177 Å². The van der Waals surface area contributed by atoms with Crippen LogP contribution in [0.15, 0.2) is 84.9 Å². The zero-order valence-corrected chi connectivity index (χ0v) is 17.3. The van der Waals surface area contributed by atoms with Gasteiger partial charge in [-0.05, 0) is 36.1 Å². The Morgan fingerprint density at radius 3 is 2.23 bits per heavy atom. The van der Waals surface area contributed by atoms with Crippen LogP contribution in [0.2, 0.25) is 0 Å². The van der Waals surface area contributed by atoms with Crippen LogP contribution in [0.1, 0.15) is 36.1 Å². The van der Waals surface area contributed by atoms with Gasteiger partial charge in [0.15, 0.2) is 0 Å². The summed E-state index contributed by atoms with van der Waals surface area (Å²) in [5.74, 6) is -0.157. The van der Waals surface area contributed by atoms with Gasteiger partial charge in [0, 0.05) is 19.2 Å². The molecule has 30 heavy (non-hydrogen) atoms. The molecule has 1 aliphatic heterocycles. The van der Waals surface area contributed by atoms with E-state index in [9.17, 15) is 9.59 Å². The minimum Gasteiger partial charge on any atom is -0.350 e. The van der Waals surface area contributed by atoms with E-state index in [1.807, 2.05) is 91.9 Å². The summed E-state index contributed by atoms with van der Waals surface area (Å²) in [6.07, 6.45) is 0.598. The van der Waals surface area contributed by atoms with E-state index >= 15 is 0 Å². The van der Waals surface area contributed by atoms with E-state index in [1.54, 1.807) is 11.9 Å². The number of nitrogens with one attached hydrogen (secondary N) is 1. The topological polar surface area (TPSA) is 49.4 Å². The van der Waals surface area contributed by atoms with Crippen LogP contribution in [0.4, 0.5) is 5.69 Å². The second-order valence-corrected chi connectivity index (χ2v) is 8.00. The van der Waals surface area contributed by atoms with E-state index < -0.39 is 5.41 Å². The van der Waals surface area contributed by atoms with E-state index in [1.165, 1.54) is 0 Å². The van der Waals surface area contributed by atoms with Gasteiger partial charge in [0.05, 0.1) is 11.5 Å². The van der Waals surface area contributed by atoms with Crippen molar-refractivity contribution in [2.24, 2.45) is 0 Å². The lowest BCUT2D eigenvalue weighted by molar-refractivity contribution is -0.129. The summed E-state index contributed by atoms with van der Waals surface area (Å²) in [5.41, 5.74) is 2.97. The predicted molar refractivity (Wildman–Crippen MR) is 119 cm³/mol. The molecule has 1 aliphatic rings. The fraction of sp³-hybridized carbons (Fsp3) is 0.231. The predicted octanol–water partition coefficient (Wildman–Crippen LogP) is 4.41. The number of fused-ring (bicyclic) bond motifs is 1. The van der Waals surface area contributed by atoms with E-state index in [2.05, 4.69) is 5.32 Å². The Morgan fingerprint density at radius 2 is 1.53 bits per heavy atom. The summed E-state index contributed by atoms with van der Waals surface area (Å²) in [5, 5.41) is 3.09. The molecule has 0 unspecified atom stereocenters. The molecule has 0 bridgehead atoms. The third kappa shape index (κ3) is 3.61. The van der Waals surface area contributed by atoms with Crippen molar-refractivity contribution in [1.29, 1.82) is 0 Å². The minimum absolute atomic E-state index is 0.0323. The van der Waals surface area contributed by atoms with Crippen molar-refractivity contribution < 1.29 is 9.59 Å². The van der Waals surface area contributed by atoms with Gasteiger partial charge in [0.2, 0.25) is 11.8 Å². The molecule has 4 nitrogen and oxygen atoms in total. The summed E-state index contributed by atoms with van der Waals surface area (Å²) in [6, 6.07) is 27.5. The van der Waals surface area contributed by atoms with Gasteiger partial charge in [-0.15, -0.1) is 0 Å². The number of rotatable bonds is 6. The zero-order chi connectivity index (χ0) is 21.1. The molecule has 0 radical (unpaired) electrons. The third-order valence-electron chi connectivity index (χ3n) is 5.98. The standard InChI is InChI=1S/C26H26N2O2/c1-19(21-13-7-4-8-14-21)27-24(29)18-26(17-20-11-5-3-6-12-20)22-15-9-10-16-23(22)28(2)25(26)30/h3-16,19H,17-18H2,1-2H3,(H,27,29)/t19-,26+/m1/s1. The highest BCUT2D eigenvalue weighted by Gasteiger charge is 2.50. The monoisotopic (exact) mass is 398 g/mol. The third-order valence-corrected chi connectivity index (χ3v) is 5.98. The second kappa shape index (κ2) is 8.15. The molecule has 1 heterocycles. The van der Waals surface area contributed by atoms with Gasteiger partial charge in [-0.3, -0.25) is 9.59 Å². The number of likely N-dealkylation sites (N-methyl/N-ethyl adjacent to an activating group) is 1. The van der Waals surface area contributed by atoms with Crippen LogP contribution >= 0.6 is 0 Å². The van der Waals surface area contributed by atoms with Gasteiger partial charge in [0.1, 0.15) is 0 Å². The number of hydrogen-bond acceptors (Lipinski definition) is 2. The van der Waals surface area contributed by atoms with Crippen LogP contribution in [0.3, 0.4) is 0 Å². The van der Waals surface area contributed by atoms with Crippen molar-refractivity contribution in [1.82, 2.24) is 5.32 Å². The van der Waals surface area contributed by atoms with Gasteiger partial charge in [-0.2, -0.15) is 0 Å². The Balaban J connectivity index is 1.67. The number of anilines is 1. The molecule has 2 amide bonds. The molecule has 0 saturated heterocycles. The van der Waals surface area contributed by atoms with Crippen LogP contribution in [-0.2, 0) is 21.4 Å². The van der Waals surface area contributed by atoms with Crippen molar-refractivity contribution in [3.63, 3.8) is 0 Å². The molecule has 4 heteroatoms. The van der Waals surface area contributed by atoms with E-state index in [0.29, 0.717) is 6.42 Å². The number of benzene rings is 3. The first-order valence-corrected chi connectivity index (χ1v) is 10.3. The van der Waals surface area contributed by atoms with Crippen LogP contribution in [-0.4, -0.2) is 18.9 Å². The molecule has 152 valence electrons. The van der Waals surface area contributed by atoms with Crippen molar-refractivity contribution in [3.05, 3.63) is 102 Å². The molecule has 0 spiro atoms. The summed E-state index contributed by atoms with van der Waals surface area (Å²) in [6.45, 7) is 1.97. The molecule has 2 atom stereocenters. The fourth-order valence-corrected chi connectivity index (χ4v) is 4.46. The maximum atomic E-state index is 13.5. The lowest BCUT2D eigenvalue weighted by Crippen LogP contribution is -2.44. The van der Waals surface area contributed by atoms with E-state index in [4.69, 9.17) is 0 Å². The van der Waals surface area contributed by atoms with Crippen LogP contribution in [0, 0.1) is 0 Å². The highest BCUT2D eigenvalue weighted by Crippen LogP contribution is 2.45. The zero-order valence-electron chi connectivity index (χ0n) is 17.3. The second-order valence-electron chi connectivity index (χ2n) is 8.00. The fourth-order valence-electron chi connectivity index (χ4n) is 4.46. The van der Waals surface area contributed by atoms with E-state index in [-0.39, 0.29) is 24.3 Å². The summed E-state index contributed by atoms with van der Waals surface area (Å²) < 4.78 is 0. The molecular weight excluding hydrogens is 372 g/mol. The Hall–Kier alpha value is -3.40. The Kier molecular flexibility index (Phi) is 5.40. The van der Waals surface area contributed by atoms with Crippen molar-refractivity contribution in [3.8, 4) is 0 Å². The molecule has 1 N–H and O–H groups in total. The summed E-state index contributed by atoms with van der Waals surface area (Å²) in [7, 11) is 1.79. The molecule has 3 aromatic carbocycles. The first kappa shape index (κ1) is 19.9. The smallest absolute Gasteiger partial charge is 0.238 e. The number of para-hydroxylation sites is 1. The largest absolute Gasteiger partial charge is 0.350 e.